The zero-order chi connectivity index (χ0) is 13.9. The molecule has 7 heteroatoms. The highest BCUT2D eigenvalue weighted by molar-refractivity contribution is 7.09. The number of pyridine rings is 1. The molecular formula is C12H12F3N3S. The molecule has 2 aromatic heterocycles. The Kier molecular flexibility index (Phi) is 4.18. The van der Waals surface area contributed by atoms with Crippen molar-refractivity contribution in [1.29, 1.82) is 0 Å². The lowest BCUT2D eigenvalue weighted by Gasteiger charge is -2.15. The first-order valence-electron chi connectivity index (χ1n) is 5.52. The third-order valence-corrected chi connectivity index (χ3v) is 3.56. The lowest BCUT2D eigenvalue weighted by molar-refractivity contribution is -0.137. The third-order valence-electron chi connectivity index (χ3n) is 2.66. The molecule has 3 N–H and O–H groups in total. The summed E-state index contributed by atoms with van der Waals surface area (Å²) in [6.07, 6.45) is -2.95. The van der Waals surface area contributed by atoms with Crippen LogP contribution < -0.4 is 11.3 Å². The second-order valence-corrected chi connectivity index (χ2v) is 5.00. The molecule has 2 aromatic rings. The molecule has 2 heterocycles. The van der Waals surface area contributed by atoms with Crippen molar-refractivity contribution >= 4 is 11.3 Å². The summed E-state index contributed by atoms with van der Waals surface area (Å²) in [6.45, 7) is 0. The molecule has 0 aliphatic heterocycles. The maximum Gasteiger partial charge on any atom is 0.417 e. The van der Waals surface area contributed by atoms with E-state index < -0.39 is 11.7 Å². The zero-order valence-corrected chi connectivity index (χ0v) is 10.6. The van der Waals surface area contributed by atoms with Gasteiger partial charge < -0.3 is 0 Å². The number of halogens is 3. The fourth-order valence-electron chi connectivity index (χ4n) is 1.66. The highest BCUT2D eigenvalue weighted by atomic mass is 32.1. The highest BCUT2D eigenvalue weighted by Gasteiger charge is 2.30. The SMILES string of the molecule is NNC(Cc1cccs1)c1ccc(C(F)(F)F)cn1. The third kappa shape index (κ3) is 3.52. The summed E-state index contributed by atoms with van der Waals surface area (Å²) >= 11 is 1.57. The number of hydrogen-bond donors (Lipinski definition) is 2. The summed E-state index contributed by atoms with van der Waals surface area (Å²) in [5.41, 5.74) is 2.31. The Morgan fingerprint density at radius 2 is 2.11 bits per heavy atom. The summed E-state index contributed by atoms with van der Waals surface area (Å²) in [6, 6.07) is 5.91. The number of nitrogens with two attached hydrogens (primary N) is 1. The van der Waals surface area contributed by atoms with Crippen LogP contribution in [-0.4, -0.2) is 4.98 Å². The summed E-state index contributed by atoms with van der Waals surface area (Å²) in [5.74, 6) is 5.44. The summed E-state index contributed by atoms with van der Waals surface area (Å²) in [7, 11) is 0. The van der Waals surface area contributed by atoms with Crippen LogP contribution >= 0.6 is 11.3 Å². The maximum absolute atomic E-state index is 12.4. The molecular weight excluding hydrogens is 275 g/mol. The van der Waals surface area contributed by atoms with E-state index in [2.05, 4.69) is 10.4 Å². The van der Waals surface area contributed by atoms with Gasteiger partial charge in [-0.1, -0.05) is 6.07 Å². The molecule has 0 aliphatic carbocycles. The Morgan fingerprint density at radius 3 is 2.58 bits per heavy atom. The van der Waals surface area contributed by atoms with Gasteiger partial charge >= 0.3 is 6.18 Å². The Bertz CT molecular complexity index is 508. The van der Waals surface area contributed by atoms with Crippen molar-refractivity contribution in [2.45, 2.75) is 18.6 Å². The fourth-order valence-corrected chi connectivity index (χ4v) is 2.41. The van der Waals surface area contributed by atoms with E-state index >= 15 is 0 Å². The molecule has 0 saturated heterocycles. The Morgan fingerprint density at radius 1 is 1.32 bits per heavy atom. The number of aromatic nitrogens is 1. The van der Waals surface area contributed by atoms with E-state index in [0.29, 0.717) is 12.1 Å². The number of nitrogens with one attached hydrogen (secondary N) is 1. The lowest BCUT2D eigenvalue weighted by Crippen LogP contribution is -2.30. The van der Waals surface area contributed by atoms with E-state index in [1.54, 1.807) is 11.3 Å². The molecule has 0 spiro atoms. The van der Waals surface area contributed by atoms with Crippen LogP contribution in [0.2, 0.25) is 0 Å². The van der Waals surface area contributed by atoms with Gasteiger partial charge in [-0.15, -0.1) is 11.3 Å². The van der Waals surface area contributed by atoms with Crippen molar-refractivity contribution in [3.8, 4) is 0 Å². The van der Waals surface area contributed by atoms with Gasteiger partial charge in [-0.2, -0.15) is 13.2 Å². The minimum atomic E-state index is -4.37. The highest BCUT2D eigenvalue weighted by Crippen LogP contribution is 2.29. The van der Waals surface area contributed by atoms with Crippen molar-refractivity contribution in [3.63, 3.8) is 0 Å². The second-order valence-electron chi connectivity index (χ2n) is 3.97. The lowest BCUT2D eigenvalue weighted by atomic mass is 10.1. The van der Waals surface area contributed by atoms with Gasteiger partial charge in [0.1, 0.15) is 0 Å². The number of hydrazine groups is 1. The zero-order valence-electron chi connectivity index (χ0n) is 9.82. The van der Waals surface area contributed by atoms with Crippen LogP contribution in [0, 0.1) is 0 Å². The van der Waals surface area contributed by atoms with Gasteiger partial charge in [0.15, 0.2) is 0 Å². The van der Waals surface area contributed by atoms with Gasteiger partial charge in [0.05, 0.1) is 17.3 Å². The van der Waals surface area contributed by atoms with Crippen LogP contribution in [0.1, 0.15) is 22.2 Å². The van der Waals surface area contributed by atoms with E-state index in [-0.39, 0.29) is 6.04 Å². The van der Waals surface area contributed by atoms with E-state index in [1.807, 2.05) is 17.5 Å². The Hall–Kier alpha value is -1.44. The Balaban J connectivity index is 2.15. The van der Waals surface area contributed by atoms with Crippen molar-refractivity contribution in [2.75, 3.05) is 0 Å². The first-order valence-corrected chi connectivity index (χ1v) is 6.40. The average molecular weight is 287 g/mol. The standard InChI is InChI=1S/C12H12F3N3S/c13-12(14,15)8-3-4-10(17-7-8)11(18-16)6-9-2-1-5-19-9/h1-5,7,11,18H,6,16H2. The number of hydrogen-bond acceptors (Lipinski definition) is 4. The van der Waals surface area contributed by atoms with Crippen LogP contribution in [0.25, 0.3) is 0 Å². The number of rotatable bonds is 4. The number of thiophene rings is 1. The van der Waals surface area contributed by atoms with E-state index in [1.165, 1.54) is 6.07 Å². The van der Waals surface area contributed by atoms with Crippen molar-refractivity contribution in [3.05, 3.63) is 52.0 Å². The molecule has 0 aromatic carbocycles. The normalized spacial score (nSPS) is 13.5. The average Bonchev–Trinajstić information content (AvgIpc) is 2.88. The van der Waals surface area contributed by atoms with Crippen LogP contribution in [0.5, 0.6) is 0 Å². The molecule has 0 aliphatic rings. The summed E-state index contributed by atoms with van der Waals surface area (Å²) in [5, 5.41) is 1.93. The topological polar surface area (TPSA) is 50.9 Å². The van der Waals surface area contributed by atoms with E-state index in [4.69, 9.17) is 5.84 Å². The quantitative estimate of drug-likeness (QED) is 0.671. The molecule has 0 amide bonds. The minimum Gasteiger partial charge on any atom is -0.271 e. The molecule has 19 heavy (non-hydrogen) atoms. The van der Waals surface area contributed by atoms with Crippen molar-refractivity contribution in [2.24, 2.45) is 5.84 Å². The van der Waals surface area contributed by atoms with Crippen LogP contribution in [0.15, 0.2) is 35.8 Å². The fraction of sp³-hybridized carbons (Fsp3) is 0.250. The molecule has 1 atom stereocenters. The van der Waals surface area contributed by atoms with Crippen LogP contribution in [0.4, 0.5) is 13.2 Å². The van der Waals surface area contributed by atoms with E-state index in [9.17, 15) is 13.2 Å². The summed E-state index contributed by atoms with van der Waals surface area (Å²) in [4.78, 5) is 4.93. The smallest absolute Gasteiger partial charge is 0.271 e. The monoisotopic (exact) mass is 287 g/mol. The molecule has 102 valence electrons. The largest absolute Gasteiger partial charge is 0.417 e. The molecule has 1 unspecified atom stereocenters. The van der Waals surface area contributed by atoms with Gasteiger partial charge in [-0.25, -0.2) is 0 Å². The predicted molar refractivity (Wildman–Crippen MR) is 67.3 cm³/mol. The minimum absolute atomic E-state index is 0.305. The first kappa shape index (κ1) is 14.0. The first-order chi connectivity index (χ1) is 9.00. The predicted octanol–water partition coefficient (Wildman–Crippen LogP) is 2.91. The van der Waals surface area contributed by atoms with Gasteiger partial charge in [-0.3, -0.25) is 16.3 Å². The van der Waals surface area contributed by atoms with Crippen LogP contribution in [-0.2, 0) is 12.6 Å². The molecule has 2 rings (SSSR count). The van der Waals surface area contributed by atoms with Gasteiger partial charge in [0.25, 0.3) is 0 Å². The van der Waals surface area contributed by atoms with Gasteiger partial charge in [0.2, 0.25) is 0 Å². The maximum atomic E-state index is 12.4. The molecule has 0 radical (unpaired) electrons. The van der Waals surface area contributed by atoms with Crippen LogP contribution in [0.3, 0.4) is 0 Å². The van der Waals surface area contributed by atoms with Crippen molar-refractivity contribution < 1.29 is 13.2 Å². The van der Waals surface area contributed by atoms with E-state index in [0.717, 1.165) is 17.1 Å². The molecule has 0 fully saturated rings. The number of alkyl halides is 3. The van der Waals surface area contributed by atoms with Gasteiger partial charge in [0, 0.05) is 17.5 Å². The van der Waals surface area contributed by atoms with Gasteiger partial charge in [-0.05, 0) is 23.6 Å². The number of nitrogens with zero attached hydrogens (tertiary/aromatic N) is 1. The Labute approximate surface area is 112 Å². The molecule has 0 bridgehead atoms. The second kappa shape index (κ2) is 5.68. The summed E-state index contributed by atoms with van der Waals surface area (Å²) < 4.78 is 37.3. The molecule has 3 nitrogen and oxygen atoms in total. The van der Waals surface area contributed by atoms with Crippen molar-refractivity contribution in [1.82, 2.24) is 10.4 Å². The molecule has 0 saturated carbocycles.